The molecule has 0 aliphatic carbocycles. The van der Waals surface area contributed by atoms with Gasteiger partial charge in [0.05, 0.1) is 19.8 Å². The molecule has 0 bridgehead atoms. The van der Waals surface area contributed by atoms with Gasteiger partial charge in [-0.25, -0.2) is 0 Å². The molecule has 0 fully saturated rings. The Bertz CT molecular complexity index is 759. The van der Waals surface area contributed by atoms with E-state index in [1.54, 1.807) is 0 Å². The van der Waals surface area contributed by atoms with Crippen molar-refractivity contribution in [2.75, 3.05) is 19.8 Å². The summed E-state index contributed by atoms with van der Waals surface area (Å²) in [4.78, 5) is 13.4. The lowest BCUT2D eigenvalue weighted by Gasteiger charge is -2.18. The van der Waals surface area contributed by atoms with E-state index in [1.165, 1.54) is 109 Å². The van der Waals surface area contributed by atoms with Gasteiger partial charge in [-0.05, 0) is 69.2 Å². The smallest absolute Gasteiger partial charge is 0.222 e. The number of hydrogen-bond acceptors (Lipinski definition) is 4. The summed E-state index contributed by atoms with van der Waals surface area (Å²) in [6.07, 6.45) is 32.4. The largest absolute Gasteiger partial charge is 0.494 e. The van der Waals surface area contributed by atoms with E-state index in [0.29, 0.717) is 18.8 Å². The van der Waals surface area contributed by atoms with Crippen LogP contribution in [0.2, 0.25) is 0 Å². The Morgan fingerprint density at radius 1 is 0.568 bits per heavy atom. The second-order valence-corrected chi connectivity index (χ2v) is 12.4. The molecule has 0 atom stereocenters. The number of benzene rings is 1. The Morgan fingerprint density at radius 3 is 1.39 bits per heavy atom. The third kappa shape index (κ3) is 23.5. The number of Topliss-reactive ketones (excluding diaryl/α,β-unsaturated/α-hetero) is 1. The lowest BCUT2D eigenvalue weighted by Crippen LogP contribution is -2.28. The number of hydrogen-bond donors (Lipinski definition) is 0. The van der Waals surface area contributed by atoms with Gasteiger partial charge >= 0.3 is 0 Å². The average Bonchev–Trinajstić information content (AvgIpc) is 3.04. The minimum Gasteiger partial charge on any atom is -0.494 e. The molecule has 0 amide bonds. The van der Waals surface area contributed by atoms with Crippen LogP contribution in [0.4, 0.5) is 0 Å². The molecular formula is C40H68O4. The Labute approximate surface area is 272 Å². The zero-order valence-corrected chi connectivity index (χ0v) is 28.7. The molecule has 4 heteroatoms. The normalized spacial score (nSPS) is 11.2. The molecule has 0 saturated carbocycles. The molecule has 0 N–H and O–H groups in total. The fourth-order valence-electron chi connectivity index (χ4n) is 5.41. The summed E-state index contributed by atoms with van der Waals surface area (Å²) in [5.41, 5.74) is 0.619. The van der Waals surface area contributed by atoms with E-state index in [2.05, 4.69) is 20.1 Å². The Hall–Kier alpha value is -1.91. The molecule has 44 heavy (non-hydrogen) atoms. The molecule has 0 spiro atoms. The highest BCUT2D eigenvalue weighted by Crippen LogP contribution is 2.18. The lowest BCUT2D eigenvalue weighted by molar-refractivity contribution is -0.115. The van der Waals surface area contributed by atoms with Gasteiger partial charge in [-0.1, -0.05) is 128 Å². The van der Waals surface area contributed by atoms with Crippen LogP contribution in [-0.4, -0.2) is 31.9 Å². The molecule has 0 unspecified atom stereocenters. The molecule has 0 aliphatic rings. The second-order valence-electron chi connectivity index (χ2n) is 12.4. The zero-order valence-electron chi connectivity index (χ0n) is 28.7. The highest BCUT2D eigenvalue weighted by molar-refractivity contribution is 5.98. The van der Waals surface area contributed by atoms with Crippen molar-refractivity contribution in [1.29, 1.82) is 0 Å². The SMILES string of the molecule is C=CCCCCCCCCCOC(OCCCCCCCCCC=C)C(=O)c1ccc(OCCCCCCCCCC)cc1. The van der Waals surface area contributed by atoms with Gasteiger partial charge in [0.1, 0.15) is 5.75 Å². The molecule has 252 valence electrons. The second kappa shape index (κ2) is 31.1. The highest BCUT2D eigenvalue weighted by atomic mass is 16.7. The zero-order chi connectivity index (χ0) is 31.8. The van der Waals surface area contributed by atoms with Crippen LogP contribution in [0.1, 0.15) is 171 Å². The molecule has 0 radical (unpaired) electrons. The first kappa shape index (κ1) is 40.1. The number of allylic oxidation sites excluding steroid dienone is 2. The Kier molecular flexibility index (Phi) is 28.3. The summed E-state index contributed by atoms with van der Waals surface area (Å²) < 4.78 is 18.0. The van der Waals surface area contributed by atoms with Gasteiger partial charge in [0.2, 0.25) is 12.1 Å². The van der Waals surface area contributed by atoms with Gasteiger partial charge in [-0.15, -0.1) is 13.2 Å². The first-order valence-electron chi connectivity index (χ1n) is 18.4. The van der Waals surface area contributed by atoms with E-state index in [-0.39, 0.29) is 5.78 Å². The van der Waals surface area contributed by atoms with Crippen LogP contribution in [0.3, 0.4) is 0 Å². The van der Waals surface area contributed by atoms with Crippen molar-refractivity contribution in [1.82, 2.24) is 0 Å². The number of ketones is 1. The van der Waals surface area contributed by atoms with Crippen molar-refractivity contribution in [2.45, 2.75) is 167 Å². The summed E-state index contributed by atoms with van der Waals surface area (Å²) in [6, 6.07) is 7.51. The lowest BCUT2D eigenvalue weighted by atomic mass is 10.1. The van der Waals surface area contributed by atoms with Crippen molar-refractivity contribution in [3.63, 3.8) is 0 Å². The standard InChI is InChI=1S/C40H68O4/c1-4-7-10-13-16-19-22-25-28-35-43-40(44-36-29-26-23-20-17-14-11-8-5-2)39(41)37-30-32-38(33-31-37)42-34-27-24-21-18-15-12-9-6-3/h4-5,30-33,40H,1-2,6-29,34-36H2,3H3. The predicted octanol–water partition coefficient (Wildman–Crippen LogP) is 12.4. The van der Waals surface area contributed by atoms with Crippen LogP contribution in [-0.2, 0) is 9.47 Å². The number of carbonyl (C=O) groups is 1. The van der Waals surface area contributed by atoms with Crippen LogP contribution < -0.4 is 4.74 Å². The van der Waals surface area contributed by atoms with E-state index in [1.807, 2.05) is 36.4 Å². The van der Waals surface area contributed by atoms with E-state index >= 15 is 0 Å². The Balaban J connectivity index is 2.41. The first-order valence-corrected chi connectivity index (χ1v) is 18.4. The molecule has 1 aromatic rings. The summed E-state index contributed by atoms with van der Waals surface area (Å²) in [5, 5.41) is 0. The average molecular weight is 613 g/mol. The maximum absolute atomic E-state index is 13.4. The molecule has 1 aromatic carbocycles. The third-order valence-corrected chi connectivity index (χ3v) is 8.26. The number of unbranched alkanes of at least 4 members (excludes halogenated alkanes) is 21. The van der Waals surface area contributed by atoms with Crippen molar-refractivity contribution < 1.29 is 19.0 Å². The fourth-order valence-corrected chi connectivity index (χ4v) is 5.41. The number of ether oxygens (including phenoxy) is 3. The summed E-state index contributed by atoms with van der Waals surface area (Å²) in [7, 11) is 0. The van der Waals surface area contributed by atoms with E-state index in [9.17, 15) is 4.79 Å². The third-order valence-electron chi connectivity index (χ3n) is 8.26. The molecule has 0 aromatic heterocycles. The van der Waals surface area contributed by atoms with Gasteiger partial charge in [0.15, 0.2) is 0 Å². The minimum absolute atomic E-state index is 0.0935. The maximum Gasteiger partial charge on any atom is 0.222 e. The quantitative estimate of drug-likeness (QED) is 0.0336. The topological polar surface area (TPSA) is 44.8 Å². The van der Waals surface area contributed by atoms with Crippen molar-refractivity contribution >= 4 is 5.78 Å². The molecule has 1 rings (SSSR count). The molecule has 0 saturated heterocycles. The fraction of sp³-hybridized carbons (Fsp3) is 0.725. The van der Waals surface area contributed by atoms with Crippen LogP contribution >= 0.6 is 0 Å². The van der Waals surface area contributed by atoms with E-state index < -0.39 is 6.29 Å². The van der Waals surface area contributed by atoms with Crippen molar-refractivity contribution in [3.8, 4) is 5.75 Å². The first-order chi connectivity index (χ1) is 21.7. The van der Waals surface area contributed by atoms with Gasteiger partial charge in [-0.2, -0.15) is 0 Å². The van der Waals surface area contributed by atoms with Gasteiger partial charge in [0, 0.05) is 5.56 Å². The minimum atomic E-state index is -0.836. The Morgan fingerprint density at radius 2 is 0.955 bits per heavy atom. The van der Waals surface area contributed by atoms with E-state index in [4.69, 9.17) is 14.2 Å². The summed E-state index contributed by atoms with van der Waals surface area (Å²) in [5.74, 6) is 0.723. The highest BCUT2D eigenvalue weighted by Gasteiger charge is 2.21. The monoisotopic (exact) mass is 613 g/mol. The maximum atomic E-state index is 13.4. The van der Waals surface area contributed by atoms with E-state index in [0.717, 1.165) is 57.3 Å². The van der Waals surface area contributed by atoms with Crippen LogP contribution in [0, 0.1) is 0 Å². The molecule has 0 heterocycles. The molecule has 0 aliphatic heterocycles. The summed E-state index contributed by atoms with van der Waals surface area (Å²) >= 11 is 0. The van der Waals surface area contributed by atoms with Gasteiger partial charge < -0.3 is 14.2 Å². The van der Waals surface area contributed by atoms with Crippen LogP contribution in [0.25, 0.3) is 0 Å². The van der Waals surface area contributed by atoms with Gasteiger partial charge in [-0.3, -0.25) is 4.79 Å². The van der Waals surface area contributed by atoms with Gasteiger partial charge in [0.25, 0.3) is 0 Å². The molecular weight excluding hydrogens is 544 g/mol. The van der Waals surface area contributed by atoms with Crippen LogP contribution in [0.15, 0.2) is 49.6 Å². The predicted molar refractivity (Wildman–Crippen MR) is 189 cm³/mol. The van der Waals surface area contributed by atoms with Crippen LogP contribution in [0.5, 0.6) is 5.75 Å². The van der Waals surface area contributed by atoms with Crippen molar-refractivity contribution in [2.24, 2.45) is 0 Å². The number of rotatable bonds is 34. The summed E-state index contributed by atoms with van der Waals surface area (Å²) in [6.45, 7) is 11.7. The van der Waals surface area contributed by atoms with Crippen molar-refractivity contribution in [3.05, 3.63) is 55.1 Å². The number of carbonyl (C=O) groups excluding carboxylic acids is 1. The molecule has 4 nitrogen and oxygen atoms in total.